The molecule has 0 saturated heterocycles. The molecular formula is C18H21N3O3. The highest BCUT2D eigenvalue weighted by Gasteiger charge is 2.25. The van der Waals surface area contributed by atoms with Gasteiger partial charge in [-0.3, -0.25) is 9.48 Å². The molecule has 0 saturated carbocycles. The molecule has 1 aromatic heterocycles. The van der Waals surface area contributed by atoms with Gasteiger partial charge in [0, 0.05) is 37.7 Å². The van der Waals surface area contributed by atoms with Crippen LogP contribution in [0.1, 0.15) is 46.7 Å². The lowest BCUT2D eigenvalue weighted by molar-refractivity contribution is -0.129. The van der Waals surface area contributed by atoms with Crippen molar-refractivity contribution >= 4 is 11.9 Å². The molecule has 1 amide bonds. The second kappa shape index (κ2) is 6.47. The number of hydrogen-bond donors (Lipinski definition) is 1. The molecule has 0 bridgehead atoms. The van der Waals surface area contributed by atoms with E-state index in [4.69, 9.17) is 10.2 Å². The third-order valence-electron chi connectivity index (χ3n) is 4.53. The van der Waals surface area contributed by atoms with Crippen LogP contribution < -0.4 is 0 Å². The van der Waals surface area contributed by atoms with Crippen molar-refractivity contribution in [3.8, 4) is 0 Å². The van der Waals surface area contributed by atoms with Crippen molar-refractivity contribution in [1.82, 2.24) is 14.7 Å². The number of carboxylic acid groups (broad SMARTS) is 1. The molecule has 1 aromatic carbocycles. The maximum absolute atomic E-state index is 11.6. The number of aryl methyl sites for hydroxylation is 1. The van der Waals surface area contributed by atoms with E-state index in [1.165, 1.54) is 11.3 Å². The van der Waals surface area contributed by atoms with Gasteiger partial charge in [0.05, 0.1) is 17.8 Å². The number of rotatable bonds is 4. The molecule has 6 heteroatoms. The van der Waals surface area contributed by atoms with Crippen molar-refractivity contribution in [3.05, 3.63) is 52.3 Å². The van der Waals surface area contributed by atoms with E-state index in [0.29, 0.717) is 13.1 Å². The standard InChI is InChI=1S/C18H21N3O3/c1-3-16-15-11-20(12(2)22)9-8-17(15)21(19-16)10-13-4-6-14(7-5-13)18(23)24/h4-7H,3,8-11H2,1-2H3,(H,23,24). The van der Waals surface area contributed by atoms with Gasteiger partial charge in [-0.05, 0) is 24.1 Å². The van der Waals surface area contributed by atoms with Gasteiger partial charge in [0.1, 0.15) is 0 Å². The first-order valence-electron chi connectivity index (χ1n) is 8.14. The van der Waals surface area contributed by atoms with E-state index in [1.54, 1.807) is 19.1 Å². The van der Waals surface area contributed by atoms with E-state index >= 15 is 0 Å². The highest BCUT2D eigenvalue weighted by Crippen LogP contribution is 2.24. The van der Waals surface area contributed by atoms with Gasteiger partial charge in [0.25, 0.3) is 0 Å². The SMILES string of the molecule is CCc1nn(Cc2ccc(C(=O)O)cc2)c2c1CN(C(C)=O)CC2. The summed E-state index contributed by atoms with van der Waals surface area (Å²) < 4.78 is 2.00. The Hall–Kier alpha value is -2.63. The minimum Gasteiger partial charge on any atom is -0.478 e. The highest BCUT2D eigenvalue weighted by molar-refractivity contribution is 5.87. The number of carbonyl (C=O) groups is 2. The van der Waals surface area contributed by atoms with Gasteiger partial charge in [0.15, 0.2) is 0 Å². The van der Waals surface area contributed by atoms with Crippen LogP contribution in [0.15, 0.2) is 24.3 Å². The van der Waals surface area contributed by atoms with E-state index in [1.807, 2.05) is 21.7 Å². The summed E-state index contributed by atoms with van der Waals surface area (Å²) in [5.41, 5.74) is 4.69. The summed E-state index contributed by atoms with van der Waals surface area (Å²) in [6.45, 7) is 5.63. The summed E-state index contributed by atoms with van der Waals surface area (Å²) >= 11 is 0. The fourth-order valence-corrected chi connectivity index (χ4v) is 3.17. The summed E-state index contributed by atoms with van der Waals surface area (Å²) in [5.74, 6) is -0.824. The second-order valence-corrected chi connectivity index (χ2v) is 6.08. The number of aromatic nitrogens is 2. The minimum atomic E-state index is -0.921. The smallest absolute Gasteiger partial charge is 0.335 e. The largest absolute Gasteiger partial charge is 0.478 e. The van der Waals surface area contributed by atoms with Crippen LogP contribution in [0.4, 0.5) is 0 Å². The normalized spacial score (nSPS) is 13.7. The molecule has 3 rings (SSSR count). The molecular weight excluding hydrogens is 306 g/mol. The van der Waals surface area contributed by atoms with Gasteiger partial charge in [-0.25, -0.2) is 4.79 Å². The summed E-state index contributed by atoms with van der Waals surface area (Å²) in [5, 5.41) is 13.7. The average molecular weight is 327 g/mol. The Morgan fingerprint density at radius 2 is 1.96 bits per heavy atom. The molecule has 2 aromatic rings. The zero-order chi connectivity index (χ0) is 17.3. The molecule has 2 heterocycles. The Kier molecular flexibility index (Phi) is 4.38. The maximum Gasteiger partial charge on any atom is 0.335 e. The first kappa shape index (κ1) is 16.2. The Morgan fingerprint density at radius 1 is 1.25 bits per heavy atom. The molecule has 24 heavy (non-hydrogen) atoms. The monoisotopic (exact) mass is 327 g/mol. The van der Waals surface area contributed by atoms with Crippen LogP contribution in [0.25, 0.3) is 0 Å². The first-order valence-corrected chi connectivity index (χ1v) is 8.14. The molecule has 0 fully saturated rings. The van der Waals surface area contributed by atoms with Gasteiger partial charge >= 0.3 is 5.97 Å². The number of carbonyl (C=O) groups excluding carboxylic acids is 1. The summed E-state index contributed by atoms with van der Waals surface area (Å²) in [6.07, 6.45) is 1.63. The minimum absolute atomic E-state index is 0.0970. The lowest BCUT2D eigenvalue weighted by Gasteiger charge is -2.26. The number of benzene rings is 1. The molecule has 0 radical (unpaired) electrons. The molecule has 1 N–H and O–H groups in total. The molecule has 0 atom stereocenters. The van der Waals surface area contributed by atoms with Crippen LogP contribution in [-0.4, -0.2) is 38.2 Å². The molecule has 1 aliphatic heterocycles. The van der Waals surface area contributed by atoms with E-state index in [2.05, 4.69) is 6.92 Å². The summed E-state index contributed by atoms with van der Waals surface area (Å²) in [6, 6.07) is 6.89. The fourth-order valence-electron chi connectivity index (χ4n) is 3.17. The third kappa shape index (κ3) is 3.04. The number of fused-ring (bicyclic) bond motifs is 1. The maximum atomic E-state index is 11.6. The molecule has 126 valence electrons. The molecule has 6 nitrogen and oxygen atoms in total. The van der Waals surface area contributed by atoms with Crippen molar-refractivity contribution in [3.63, 3.8) is 0 Å². The van der Waals surface area contributed by atoms with Crippen molar-refractivity contribution in [2.75, 3.05) is 6.54 Å². The molecule has 0 spiro atoms. The zero-order valence-corrected chi connectivity index (χ0v) is 14.0. The van der Waals surface area contributed by atoms with Gasteiger partial charge in [0.2, 0.25) is 5.91 Å². The second-order valence-electron chi connectivity index (χ2n) is 6.08. The Morgan fingerprint density at radius 3 is 2.54 bits per heavy atom. The Bertz CT molecular complexity index is 778. The van der Waals surface area contributed by atoms with Gasteiger partial charge in [-0.15, -0.1) is 0 Å². The summed E-state index contributed by atoms with van der Waals surface area (Å²) in [4.78, 5) is 24.4. The first-order chi connectivity index (χ1) is 11.5. The predicted molar refractivity (Wildman–Crippen MR) is 88.9 cm³/mol. The van der Waals surface area contributed by atoms with E-state index < -0.39 is 5.97 Å². The van der Waals surface area contributed by atoms with Gasteiger partial charge in [-0.2, -0.15) is 5.10 Å². The molecule has 1 aliphatic rings. The van der Waals surface area contributed by atoms with Crippen LogP contribution in [0, 0.1) is 0 Å². The van der Waals surface area contributed by atoms with E-state index in [9.17, 15) is 9.59 Å². The zero-order valence-electron chi connectivity index (χ0n) is 14.0. The quantitative estimate of drug-likeness (QED) is 0.933. The van der Waals surface area contributed by atoms with Gasteiger partial charge < -0.3 is 10.0 Å². The number of hydrogen-bond acceptors (Lipinski definition) is 3. The van der Waals surface area contributed by atoms with Crippen molar-refractivity contribution in [2.24, 2.45) is 0 Å². The Labute approximate surface area is 140 Å². The van der Waals surface area contributed by atoms with Crippen LogP contribution in [-0.2, 0) is 30.7 Å². The van der Waals surface area contributed by atoms with E-state index in [-0.39, 0.29) is 11.5 Å². The van der Waals surface area contributed by atoms with Crippen LogP contribution >= 0.6 is 0 Å². The van der Waals surface area contributed by atoms with Crippen LogP contribution in [0.5, 0.6) is 0 Å². The van der Waals surface area contributed by atoms with Crippen LogP contribution in [0.3, 0.4) is 0 Å². The third-order valence-corrected chi connectivity index (χ3v) is 4.53. The highest BCUT2D eigenvalue weighted by atomic mass is 16.4. The van der Waals surface area contributed by atoms with Crippen molar-refractivity contribution in [1.29, 1.82) is 0 Å². The number of amides is 1. The average Bonchev–Trinajstić information content (AvgIpc) is 2.92. The Balaban J connectivity index is 1.87. The van der Waals surface area contributed by atoms with Gasteiger partial charge in [-0.1, -0.05) is 19.1 Å². The molecule has 0 aliphatic carbocycles. The number of carboxylic acids is 1. The summed E-state index contributed by atoms with van der Waals surface area (Å²) in [7, 11) is 0. The predicted octanol–water partition coefficient (Wildman–Crippen LogP) is 2.10. The lowest BCUT2D eigenvalue weighted by Crippen LogP contribution is -2.35. The topological polar surface area (TPSA) is 75.4 Å². The van der Waals surface area contributed by atoms with E-state index in [0.717, 1.165) is 30.6 Å². The molecule has 0 unspecified atom stereocenters. The fraction of sp³-hybridized carbons (Fsp3) is 0.389. The van der Waals surface area contributed by atoms with Crippen LogP contribution in [0.2, 0.25) is 0 Å². The number of nitrogens with zero attached hydrogens (tertiary/aromatic N) is 3. The lowest BCUT2D eigenvalue weighted by atomic mass is 10.0. The van der Waals surface area contributed by atoms with Crippen molar-refractivity contribution in [2.45, 2.75) is 39.8 Å². The van der Waals surface area contributed by atoms with Crippen molar-refractivity contribution < 1.29 is 14.7 Å². The number of aromatic carboxylic acids is 1.